The second-order valence-electron chi connectivity index (χ2n) is 25.2. The Morgan fingerprint density at radius 3 is 0.845 bits per heavy atom. The summed E-state index contributed by atoms with van der Waals surface area (Å²) in [4.78, 5) is 72.3. The molecule has 17 nitrogen and oxygen atoms in total. The van der Waals surface area contributed by atoms with Gasteiger partial charge in [-0.1, -0.05) is 261 Å². The van der Waals surface area contributed by atoms with Gasteiger partial charge >= 0.3 is 39.5 Å². The van der Waals surface area contributed by atoms with E-state index in [0.717, 1.165) is 114 Å². The van der Waals surface area contributed by atoms with Crippen molar-refractivity contribution in [2.24, 2.45) is 23.7 Å². The Labute approximate surface area is 511 Å². The SMILES string of the molecule is CCC(C)CCCCCCCCCCC(=O)O[C@H](COC(=O)CCCCCCCCCCC(C)C)COP(=O)(O)OCC(O)COP(=O)(O)OC[C@@H](COC(=O)CCCCCCCCC(C)C)OC(=O)CCCCCCCCCCCC(C)C. The molecule has 0 amide bonds. The molecule has 0 rings (SSSR count). The van der Waals surface area contributed by atoms with Crippen LogP contribution in [0.15, 0.2) is 0 Å². The molecular formula is C65H126O17P2. The molecule has 0 saturated carbocycles. The zero-order valence-electron chi connectivity index (χ0n) is 54.5. The number of rotatable bonds is 62. The molecule has 0 aromatic carbocycles. The highest BCUT2D eigenvalue weighted by molar-refractivity contribution is 7.47. The van der Waals surface area contributed by atoms with Crippen molar-refractivity contribution in [2.45, 2.75) is 331 Å². The predicted molar refractivity (Wildman–Crippen MR) is 335 cm³/mol. The zero-order chi connectivity index (χ0) is 62.5. The van der Waals surface area contributed by atoms with Gasteiger partial charge in [-0.2, -0.15) is 0 Å². The van der Waals surface area contributed by atoms with Gasteiger partial charge in [0.05, 0.1) is 26.4 Å². The van der Waals surface area contributed by atoms with E-state index >= 15 is 0 Å². The van der Waals surface area contributed by atoms with Crippen LogP contribution in [-0.4, -0.2) is 96.7 Å². The summed E-state index contributed by atoms with van der Waals surface area (Å²) in [5, 5.41) is 10.5. The largest absolute Gasteiger partial charge is 0.472 e. The number of aliphatic hydroxyl groups is 1. The van der Waals surface area contributed by atoms with E-state index in [1.54, 1.807) is 0 Å². The molecule has 0 heterocycles. The molecule has 0 spiro atoms. The molecule has 84 heavy (non-hydrogen) atoms. The minimum Gasteiger partial charge on any atom is -0.462 e. The molecule has 0 aliphatic carbocycles. The van der Waals surface area contributed by atoms with E-state index in [0.29, 0.717) is 31.6 Å². The average molecular weight is 1240 g/mol. The van der Waals surface area contributed by atoms with Crippen LogP contribution in [-0.2, 0) is 65.4 Å². The number of hydrogen-bond acceptors (Lipinski definition) is 15. The minimum absolute atomic E-state index is 0.103. The second-order valence-corrected chi connectivity index (χ2v) is 28.1. The van der Waals surface area contributed by atoms with E-state index < -0.39 is 97.5 Å². The summed E-state index contributed by atoms with van der Waals surface area (Å²) in [5.74, 6) is 0.771. The van der Waals surface area contributed by atoms with E-state index in [1.807, 2.05) is 0 Å². The Bertz CT molecular complexity index is 1680. The topological polar surface area (TPSA) is 237 Å². The summed E-state index contributed by atoms with van der Waals surface area (Å²) in [6.07, 6.45) is 35.0. The van der Waals surface area contributed by atoms with Crippen LogP contribution in [0.4, 0.5) is 0 Å². The molecule has 498 valence electrons. The summed E-state index contributed by atoms with van der Waals surface area (Å²) >= 11 is 0. The van der Waals surface area contributed by atoms with Crippen molar-refractivity contribution in [3.05, 3.63) is 0 Å². The number of phosphoric acid groups is 2. The maximum atomic E-state index is 13.0. The van der Waals surface area contributed by atoms with Crippen LogP contribution >= 0.6 is 15.6 Å². The highest BCUT2D eigenvalue weighted by Crippen LogP contribution is 2.45. The van der Waals surface area contributed by atoms with Crippen molar-refractivity contribution in [3.8, 4) is 0 Å². The van der Waals surface area contributed by atoms with Crippen LogP contribution in [0.25, 0.3) is 0 Å². The number of hydrogen-bond donors (Lipinski definition) is 3. The van der Waals surface area contributed by atoms with Crippen molar-refractivity contribution in [1.82, 2.24) is 0 Å². The standard InChI is InChI=1S/C65H126O17P2/c1-9-58(8)44-36-28-19-14-16-22-32-40-48-65(70)82-60(51-75-62(67)45-37-29-20-15-13-18-26-34-42-56(4)5)53-79-83(71,72)77-49-59(66)50-78-84(73,74)80-54-61(52-76-63(68)46-38-30-24-23-27-35-43-57(6)7)81-64(69)47-39-31-21-12-10-11-17-25-33-41-55(2)3/h55-61,66H,9-54H2,1-8H3,(H,71,72)(H,73,74)/t58?,59?,60-,61-/m1/s1. The predicted octanol–water partition coefficient (Wildman–Crippen LogP) is 17.8. The first-order valence-corrected chi connectivity index (χ1v) is 36.7. The van der Waals surface area contributed by atoms with Crippen molar-refractivity contribution < 1.29 is 80.2 Å². The Balaban J connectivity index is 5.26. The number of aliphatic hydroxyl groups excluding tert-OH is 1. The van der Waals surface area contributed by atoms with Crippen LogP contribution in [0, 0.1) is 23.7 Å². The van der Waals surface area contributed by atoms with Crippen LogP contribution in [0.5, 0.6) is 0 Å². The summed E-state index contributed by atoms with van der Waals surface area (Å²) in [6, 6.07) is 0. The summed E-state index contributed by atoms with van der Waals surface area (Å²) in [7, 11) is -9.89. The van der Waals surface area contributed by atoms with E-state index in [1.165, 1.54) is 109 Å². The first-order chi connectivity index (χ1) is 40.1. The van der Waals surface area contributed by atoms with Crippen molar-refractivity contribution in [3.63, 3.8) is 0 Å². The normalized spacial score (nSPS) is 14.7. The van der Waals surface area contributed by atoms with Gasteiger partial charge in [0.15, 0.2) is 12.2 Å². The Kier molecular flexibility index (Phi) is 53.9. The summed E-state index contributed by atoms with van der Waals surface area (Å²) in [5.41, 5.74) is 0. The van der Waals surface area contributed by atoms with Crippen molar-refractivity contribution in [1.29, 1.82) is 0 Å². The molecule has 0 fully saturated rings. The maximum absolute atomic E-state index is 13.0. The molecular weight excluding hydrogens is 1110 g/mol. The lowest BCUT2D eigenvalue weighted by atomic mass is 9.99. The highest BCUT2D eigenvalue weighted by Gasteiger charge is 2.30. The fourth-order valence-electron chi connectivity index (χ4n) is 9.57. The average Bonchev–Trinajstić information content (AvgIpc) is 3.50. The third kappa shape index (κ3) is 57.8. The molecule has 0 aliphatic rings. The maximum Gasteiger partial charge on any atom is 0.472 e. The molecule has 3 N–H and O–H groups in total. The van der Waals surface area contributed by atoms with Crippen LogP contribution in [0.3, 0.4) is 0 Å². The molecule has 19 heteroatoms. The number of phosphoric ester groups is 2. The molecule has 0 bridgehead atoms. The van der Waals surface area contributed by atoms with Gasteiger partial charge in [0.1, 0.15) is 19.3 Å². The quantitative estimate of drug-likeness (QED) is 0.0222. The van der Waals surface area contributed by atoms with Gasteiger partial charge in [-0.05, 0) is 49.4 Å². The van der Waals surface area contributed by atoms with Gasteiger partial charge in [0, 0.05) is 25.7 Å². The second kappa shape index (κ2) is 55.2. The Morgan fingerprint density at radius 2 is 0.571 bits per heavy atom. The lowest BCUT2D eigenvalue weighted by molar-refractivity contribution is -0.161. The van der Waals surface area contributed by atoms with E-state index in [4.69, 9.17) is 37.0 Å². The van der Waals surface area contributed by atoms with Crippen molar-refractivity contribution in [2.75, 3.05) is 39.6 Å². The van der Waals surface area contributed by atoms with Gasteiger partial charge in [0.25, 0.3) is 0 Å². The lowest BCUT2D eigenvalue weighted by Gasteiger charge is -2.21. The molecule has 0 aliphatic heterocycles. The molecule has 0 saturated heterocycles. The van der Waals surface area contributed by atoms with E-state index in [2.05, 4.69) is 55.4 Å². The third-order valence-corrected chi connectivity index (χ3v) is 17.1. The number of ether oxygens (including phenoxy) is 4. The van der Waals surface area contributed by atoms with Crippen LogP contribution in [0.1, 0.15) is 312 Å². The lowest BCUT2D eigenvalue weighted by Crippen LogP contribution is -2.30. The molecule has 0 radical (unpaired) electrons. The fourth-order valence-corrected chi connectivity index (χ4v) is 11.2. The Hall–Kier alpha value is -1.94. The molecule has 0 aromatic rings. The molecule has 4 unspecified atom stereocenters. The first-order valence-electron chi connectivity index (χ1n) is 33.7. The van der Waals surface area contributed by atoms with Gasteiger partial charge in [0.2, 0.25) is 0 Å². The summed E-state index contributed by atoms with van der Waals surface area (Å²) in [6.45, 7) is 14.0. The van der Waals surface area contributed by atoms with Crippen molar-refractivity contribution >= 4 is 39.5 Å². The Morgan fingerprint density at radius 1 is 0.333 bits per heavy atom. The van der Waals surface area contributed by atoms with Gasteiger partial charge in [-0.3, -0.25) is 37.3 Å². The van der Waals surface area contributed by atoms with E-state index in [-0.39, 0.29) is 25.7 Å². The zero-order valence-corrected chi connectivity index (χ0v) is 56.3. The van der Waals surface area contributed by atoms with Crippen LogP contribution < -0.4 is 0 Å². The van der Waals surface area contributed by atoms with Gasteiger partial charge in [-0.25, -0.2) is 9.13 Å². The molecule has 6 atom stereocenters. The third-order valence-electron chi connectivity index (χ3n) is 15.2. The van der Waals surface area contributed by atoms with Gasteiger partial charge < -0.3 is 33.8 Å². The fraction of sp³-hybridized carbons (Fsp3) is 0.938. The van der Waals surface area contributed by atoms with Gasteiger partial charge in [-0.15, -0.1) is 0 Å². The smallest absolute Gasteiger partial charge is 0.462 e. The highest BCUT2D eigenvalue weighted by atomic mass is 31.2. The number of carbonyl (C=O) groups is 4. The molecule has 0 aromatic heterocycles. The minimum atomic E-state index is -4.95. The number of unbranched alkanes of at least 4 members (excludes halogenated alkanes) is 27. The van der Waals surface area contributed by atoms with E-state index in [9.17, 15) is 43.2 Å². The van der Waals surface area contributed by atoms with Crippen LogP contribution in [0.2, 0.25) is 0 Å². The summed E-state index contributed by atoms with van der Waals surface area (Å²) < 4.78 is 68.0. The monoisotopic (exact) mass is 1240 g/mol. The number of carbonyl (C=O) groups excluding carboxylic acids is 4. The number of esters is 4. The first kappa shape index (κ1) is 82.1.